The zero-order chi connectivity index (χ0) is 22.6. The normalized spacial score (nSPS) is 20.2. The summed E-state index contributed by atoms with van der Waals surface area (Å²) in [5, 5.41) is 17.2. The van der Waals surface area contributed by atoms with Crippen molar-refractivity contribution in [3.8, 4) is 6.07 Å². The molecule has 0 spiro atoms. The predicted molar refractivity (Wildman–Crippen MR) is 118 cm³/mol. The van der Waals surface area contributed by atoms with E-state index in [0.29, 0.717) is 17.4 Å². The average molecular weight is 415 g/mol. The maximum atomic E-state index is 14.4. The second kappa shape index (κ2) is 9.59. The molecular weight excluding hydrogens is 379 g/mol. The monoisotopic (exact) mass is 414 g/mol. The highest BCUT2D eigenvalue weighted by atomic mass is 19.1. The number of nitrogens with two attached hydrogens (primary N) is 1. The van der Waals surface area contributed by atoms with E-state index in [2.05, 4.69) is 26.8 Å². The maximum absolute atomic E-state index is 14.4. The molecule has 1 amide bonds. The first-order chi connectivity index (χ1) is 14.0. The molecule has 0 aromatic heterocycles. The molecule has 2 rings (SSSR count). The van der Waals surface area contributed by atoms with Gasteiger partial charge in [-0.1, -0.05) is 33.3 Å². The largest absolute Gasteiger partial charge is 0.370 e. The topological polar surface area (TPSA) is 94.0 Å². The van der Waals surface area contributed by atoms with Gasteiger partial charge < -0.3 is 5.73 Å². The summed E-state index contributed by atoms with van der Waals surface area (Å²) in [4.78, 5) is 14.6. The summed E-state index contributed by atoms with van der Waals surface area (Å²) in [6, 6.07) is 7.62. The van der Waals surface area contributed by atoms with Crippen molar-refractivity contribution in [2.24, 2.45) is 23.5 Å². The van der Waals surface area contributed by atoms with Crippen LogP contribution in [0.2, 0.25) is 0 Å². The Bertz CT molecular complexity index is 823. The van der Waals surface area contributed by atoms with E-state index in [1.807, 2.05) is 6.07 Å². The molecule has 0 radical (unpaired) electrons. The molecule has 5 nitrogen and oxygen atoms in total. The summed E-state index contributed by atoms with van der Waals surface area (Å²) in [6.07, 6.45) is 3.81. The SMILES string of the molecule is CC[C@H](C)CC(C)CC1Cc2ccc(C#N)cc2C1C(=O)N(CC(C)(C)F)C(=N)N. The molecule has 0 bridgehead atoms. The van der Waals surface area contributed by atoms with Crippen molar-refractivity contribution in [3.63, 3.8) is 0 Å². The number of benzene rings is 1. The lowest BCUT2D eigenvalue weighted by atomic mass is 9.81. The van der Waals surface area contributed by atoms with E-state index in [1.165, 1.54) is 13.8 Å². The van der Waals surface area contributed by atoms with Crippen molar-refractivity contribution in [1.29, 1.82) is 10.7 Å². The number of rotatable bonds is 8. The Morgan fingerprint density at radius 1 is 1.40 bits per heavy atom. The van der Waals surface area contributed by atoms with Gasteiger partial charge in [0.25, 0.3) is 0 Å². The maximum Gasteiger partial charge on any atom is 0.237 e. The molecule has 6 heteroatoms. The summed E-state index contributed by atoms with van der Waals surface area (Å²) >= 11 is 0. The zero-order valence-corrected chi connectivity index (χ0v) is 18.8. The minimum atomic E-state index is -1.67. The molecule has 0 saturated carbocycles. The first kappa shape index (κ1) is 23.9. The molecule has 1 aromatic carbocycles. The Morgan fingerprint density at radius 3 is 2.60 bits per heavy atom. The molecule has 1 aromatic rings. The van der Waals surface area contributed by atoms with Gasteiger partial charge in [-0.2, -0.15) is 5.26 Å². The van der Waals surface area contributed by atoms with Crippen molar-refractivity contribution in [2.45, 2.75) is 71.9 Å². The fraction of sp³-hybridized carbons (Fsp3) is 0.625. The van der Waals surface area contributed by atoms with Crippen LogP contribution < -0.4 is 5.73 Å². The molecule has 0 fully saturated rings. The lowest BCUT2D eigenvalue weighted by Gasteiger charge is -2.31. The van der Waals surface area contributed by atoms with Gasteiger partial charge in [0, 0.05) is 0 Å². The first-order valence-corrected chi connectivity index (χ1v) is 10.8. The van der Waals surface area contributed by atoms with Crippen molar-refractivity contribution in [2.75, 3.05) is 6.54 Å². The molecular formula is C24H35FN4O. The van der Waals surface area contributed by atoms with Crippen molar-refractivity contribution < 1.29 is 9.18 Å². The van der Waals surface area contributed by atoms with Gasteiger partial charge in [0.05, 0.1) is 24.1 Å². The number of carbonyl (C=O) groups is 1. The lowest BCUT2D eigenvalue weighted by molar-refractivity contribution is -0.131. The molecule has 0 saturated heterocycles. The number of hydrogen-bond acceptors (Lipinski definition) is 3. The highest BCUT2D eigenvalue weighted by Crippen LogP contribution is 2.43. The summed E-state index contributed by atoms with van der Waals surface area (Å²) < 4.78 is 14.4. The van der Waals surface area contributed by atoms with Crippen LogP contribution in [0.25, 0.3) is 0 Å². The number of hydrogen-bond donors (Lipinski definition) is 2. The lowest BCUT2D eigenvalue weighted by Crippen LogP contribution is -2.49. The van der Waals surface area contributed by atoms with Crippen LogP contribution in [0, 0.1) is 34.5 Å². The first-order valence-electron chi connectivity index (χ1n) is 10.8. The third kappa shape index (κ3) is 5.81. The minimum absolute atomic E-state index is 0.0464. The number of nitriles is 1. The third-order valence-electron chi connectivity index (χ3n) is 6.13. The quantitative estimate of drug-likeness (QED) is 0.475. The van der Waals surface area contributed by atoms with Gasteiger partial charge in [0.1, 0.15) is 5.67 Å². The standard InChI is InChI=1S/C24H35FN4O/c1-6-15(2)9-16(3)10-19-12-18-8-7-17(13-26)11-20(18)21(19)22(30)29(23(27)28)14-24(4,5)25/h7-8,11,15-16,19,21H,6,9-10,12,14H2,1-5H3,(H3,27,28)/t15-,16?,19?,21?/m0/s1. The number of nitrogens with one attached hydrogen (secondary N) is 1. The second-order valence-electron chi connectivity index (χ2n) is 9.59. The van der Waals surface area contributed by atoms with Crippen LogP contribution in [0.3, 0.4) is 0 Å². The van der Waals surface area contributed by atoms with E-state index < -0.39 is 17.5 Å². The van der Waals surface area contributed by atoms with Gasteiger partial charge in [-0.15, -0.1) is 0 Å². The van der Waals surface area contributed by atoms with Crippen LogP contribution in [-0.2, 0) is 11.2 Å². The predicted octanol–water partition coefficient (Wildman–Crippen LogP) is 4.75. The molecule has 0 heterocycles. The van der Waals surface area contributed by atoms with E-state index in [1.54, 1.807) is 12.1 Å². The van der Waals surface area contributed by atoms with Crippen molar-refractivity contribution in [3.05, 3.63) is 34.9 Å². The van der Waals surface area contributed by atoms with Crippen LogP contribution in [0.5, 0.6) is 0 Å². The molecule has 30 heavy (non-hydrogen) atoms. The highest BCUT2D eigenvalue weighted by molar-refractivity contribution is 5.99. The average Bonchev–Trinajstić information content (AvgIpc) is 3.00. The molecule has 164 valence electrons. The number of carbonyl (C=O) groups excluding carboxylic acids is 1. The summed E-state index contributed by atoms with van der Waals surface area (Å²) in [6.45, 7) is 9.12. The number of halogens is 1. The molecule has 0 aliphatic heterocycles. The fourth-order valence-corrected chi connectivity index (χ4v) is 4.64. The van der Waals surface area contributed by atoms with Gasteiger partial charge in [-0.3, -0.25) is 15.1 Å². The van der Waals surface area contributed by atoms with E-state index in [9.17, 15) is 14.4 Å². The van der Waals surface area contributed by atoms with Gasteiger partial charge >= 0.3 is 0 Å². The van der Waals surface area contributed by atoms with E-state index in [4.69, 9.17) is 11.1 Å². The number of alkyl halides is 1. The minimum Gasteiger partial charge on any atom is -0.370 e. The summed E-state index contributed by atoms with van der Waals surface area (Å²) in [7, 11) is 0. The fourth-order valence-electron chi connectivity index (χ4n) is 4.64. The highest BCUT2D eigenvalue weighted by Gasteiger charge is 2.42. The van der Waals surface area contributed by atoms with Crippen molar-refractivity contribution >= 4 is 11.9 Å². The molecule has 3 unspecified atom stereocenters. The molecule has 3 N–H and O–H groups in total. The zero-order valence-electron chi connectivity index (χ0n) is 18.8. The Labute approximate surface area is 179 Å². The van der Waals surface area contributed by atoms with Crippen molar-refractivity contribution in [1.82, 2.24) is 4.90 Å². The Balaban J connectivity index is 2.39. The second-order valence-corrected chi connectivity index (χ2v) is 9.59. The van der Waals surface area contributed by atoms with E-state index >= 15 is 0 Å². The van der Waals surface area contributed by atoms with Crippen LogP contribution >= 0.6 is 0 Å². The molecule has 1 aliphatic rings. The third-order valence-corrected chi connectivity index (χ3v) is 6.13. The summed E-state index contributed by atoms with van der Waals surface area (Å²) in [5.74, 6) is -0.202. The number of fused-ring (bicyclic) bond motifs is 1. The van der Waals surface area contributed by atoms with Gasteiger partial charge in [-0.05, 0) is 74.1 Å². The smallest absolute Gasteiger partial charge is 0.237 e. The van der Waals surface area contributed by atoms with Crippen LogP contribution in [0.1, 0.15) is 76.5 Å². The number of amides is 1. The Hall–Kier alpha value is -2.42. The number of guanidine groups is 1. The molecule has 1 aliphatic carbocycles. The number of nitrogens with zero attached hydrogens (tertiary/aromatic N) is 2. The molecule has 4 atom stereocenters. The van der Waals surface area contributed by atoms with Gasteiger partial charge in [0.2, 0.25) is 5.91 Å². The van der Waals surface area contributed by atoms with Gasteiger partial charge in [-0.25, -0.2) is 4.39 Å². The Kier molecular flexibility index (Phi) is 7.63. The van der Waals surface area contributed by atoms with E-state index in [0.717, 1.165) is 41.7 Å². The summed E-state index contributed by atoms with van der Waals surface area (Å²) in [5.41, 5.74) is 6.39. The van der Waals surface area contributed by atoms with Crippen LogP contribution in [0.4, 0.5) is 4.39 Å². The van der Waals surface area contributed by atoms with Crippen LogP contribution in [-0.4, -0.2) is 29.0 Å². The van der Waals surface area contributed by atoms with Crippen LogP contribution in [0.15, 0.2) is 18.2 Å². The van der Waals surface area contributed by atoms with E-state index in [-0.39, 0.29) is 18.4 Å². The van der Waals surface area contributed by atoms with Gasteiger partial charge in [0.15, 0.2) is 5.96 Å². The Morgan fingerprint density at radius 2 is 2.07 bits per heavy atom.